The van der Waals surface area contributed by atoms with Gasteiger partial charge < -0.3 is 4.57 Å². The molecule has 23 heavy (non-hydrogen) atoms. The van der Waals surface area contributed by atoms with E-state index < -0.39 is 0 Å². The summed E-state index contributed by atoms with van der Waals surface area (Å²) in [4.78, 5) is 8.94. The third-order valence-electron chi connectivity index (χ3n) is 4.04. The Morgan fingerprint density at radius 2 is 1.78 bits per heavy atom. The predicted octanol–water partition coefficient (Wildman–Crippen LogP) is 5.16. The van der Waals surface area contributed by atoms with Crippen LogP contribution in [-0.2, 0) is 6.42 Å². The number of hydrogen-bond acceptors (Lipinski definition) is 2. The Labute approximate surface area is 144 Å². The summed E-state index contributed by atoms with van der Waals surface area (Å²) in [7, 11) is 0. The molecule has 0 bridgehead atoms. The molecule has 0 atom stereocenters. The molecule has 3 aromatic rings. The third kappa shape index (κ3) is 2.56. The monoisotopic (exact) mass is 341 g/mol. The van der Waals surface area contributed by atoms with Crippen LogP contribution in [0.15, 0.2) is 53.8 Å². The van der Waals surface area contributed by atoms with E-state index >= 15 is 0 Å². The first-order chi connectivity index (χ1) is 11.1. The summed E-state index contributed by atoms with van der Waals surface area (Å²) in [6, 6.07) is 12.1. The second kappa shape index (κ2) is 5.52. The van der Waals surface area contributed by atoms with Crippen molar-refractivity contribution in [2.45, 2.75) is 13.3 Å². The van der Waals surface area contributed by atoms with Crippen molar-refractivity contribution < 1.29 is 0 Å². The maximum atomic E-state index is 6.09. The molecule has 0 saturated heterocycles. The number of rotatable bonds is 2. The van der Waals surface area contributed by atoms with Gasteiger partial charge in [-0.25, -0.2) is 4.98 Å². The molecule has 4 rings (SSSR count). The molecule has 1 aliphatic heterocycles. The van der Waals surface area contributed by atoms with Crippen molar-refractivity contribution in [2.75, 3.05) is 0 Å². The van der Waals surface area contributed by atoms with Crippen LogP contribution < -0.4 is 0 Å². The highest BCUT2D eigenvalue weighted by Crippen LogP contribution is 2.35. The first-order valence-electron chi connectivity index (χ1n) is 7.28. The van der Waals surface area contributed by atoms with Gasteiger partial charge in [0, 0.05) is 24.5 Å². The lowest BCUT2D eigenvalue weighted by atomic mass is 10.0. The maximum Gasteiger partial charge on any atom is 0.110 e. The Morgan fingerprint density at radius 1 is 1.04 bits per heavy atom. The van der Waals surface area contributed by atoms with Gasteiger partial charge in [0.15, 0.2) is 0 Å². The van der Waals surface area contributed by atoms with Crippen LogP contribution in [0.5, 0.6) is 0 Å². The van der Waals surface area contributed by atoms with Crippen LogP contribution in [0.1, 0.15) is 17.0 Å². The first-order valence-corrected chi connectivity index (χ1v) is 8.03. The van der Waals surface area contributed by atoms with Gasteiger partial charge in [-0.2, -0.15) is 0 Å². The molecule has 0 unspecified atom stereocenters. The maximum absolute atomic E-state index is 6.09. The number of aryl methyl sites for hydroxylation is 1. The highest BCUT2D eigenvalue weighted by Gasteiger charge is 2.18. The number of halogens is 2. The second-order valence-electron chi connectivity index (χ2n) is 5.52. The highest BCUT2D eigenvalue weighted by molar-refractivity contribution is 6.42. The van der Waals surface area contributed by atoms with Gasteiger partial charge in [0.05, 0.1) is 21.4 Å². The Morgan fingerprint density at radius 3 is 2.48 bits per heavy atom. The first kappa shape index (κ1) is 14.5. The average molecular weight is 342 g/mol. The summed E-state index contributed by atoms with van der Waals surface area (Å²) < 4.78 is 2.05. The smallest absolute Gasteiger partial charge is 0.110 e. The van der Waals surface area contributed by atoms with Gasteiger partial charge in [-0.05, 0) is 42.3 Å². The third-order valence-corrected chi connectivity index (χ3v) is 4.76. The molecule has 2 aromatic carbocycles. The normalized spacial score (nSPS) is 13.1. The van der Waals surface area contributed by atoms with Gasteiger partial charge >= 0.3 is 0 Å². The van der Waals surface area contributed by atoms with Crippen LogP contribution in [0.2, 0.25) is 10.0 Å². The fourth-order valence-electron chi connectivity index (χ4n) is 2.82. The Kier molecular flexibility index (Phi) is 3.47. The number of benzene rings is 2. The summed E-state index contributed by atoms with van der Waals surface area (Å²) in [6.07, 6.45) is 4.53. The van der Waals surface area contributed by atoms with E-state index in [9.17, 15) is 0 Å². The van der Waals surface area contributed by atoms with Crippen molar-refractivity contribution in [1.29, 1.82) is 0 Å². The molecule has 5 heteroatoms. The minimum atomic E-state index is 0.543. The topological polar surface area (TPSA) is 30.2 Å². The van der Waals surface area contributed by atoms with E-state index in [2.05, 4.69) is 38.8 Å². The minimum Gasteiger partial charge on any atom is -0.304 e. The fraction of sp³-hybridized carbons (Fsp3) is 0.111. The quantitative estimate of drug-likeness (QED) is 0.632. The van der Waals surface area contributed by atoms with E-state index in [1.165, 1.54) is 0 Å². The van der Waals surface area contributed by atoms with Crippen molar-refractivity contribution in [2.24, 2.45) is 4.99 Å². The molecule has 0 fully saturated rings. The summed E-state index contributed by atoms with van der Waals surface area (Å²) in [5, 5.41) is 1.12. The second-order valence-corrected chi connectivity index (χ2v) is 6.34. The summed E-state index contributed by atoms with van der Waals surface area (Å²) in [6.45, 7) is 1.99. The molecule has 2 heterocycles. The lowest BCUT2D eigenvalue weighted by Crippen LogP contribution is -2.01. The van der Waals surface area contributed by atoms with E-state index in [1.54, 1.807) is 6.20 Å². The standard InChI is InChI=1S/C18H13Cl2N3/c1-11-21-6-7-23(11)14-4-2-12(3-5-14)17-9-13-8-15(19)16(20)10-18(13)22-17/h2-8,10H,9H2,1H3. The number of hydrogen-bond donors (Lipinski definition) is 0. The predicted molar refractivity (Wildman–Crippen MR) is 94.7 cm³/mol. The lowest BCUT2D eigenvalue weighted by molar-refractivity contribution is 0.975. The van der Waals surface area contributed by atoms with Gasteiger partial charge in [0.1, 0.15) is 5.82 Å². The molecule has 0 amide bonds. The zero-order valence-electron chi connectivity index (χ0n) is 12.4. The van der Waals surface area contributed by atoms with Gasteiger partial charge in [-0.15, -0.1) is 0 Å². The number of imidazole rings is 1. The number of nitrogens with zero attached hydrogens (tertiary/aromatic N) is 3. The Bertz CT molecular complexity index is 924. The van der Waals surface area contributed by atoms with Gasteiger partial charge in [-0.3, -0.25) is 4.99 Å². The van der Waals surface area contributed by atoms with Crippen molar-refractivity contribution in [3.63, 3.8) is 0 Å². The van der Waals surface area contributed by atoms with Crippen LogP contribution in [0.4, 0.5) is 5.69 Å². The van der Waals surface area contributed by atoms with Crippen LogP contribution in [0.25, 0.3) is 5.69 Å². The van der Waals surface area contributed by atoms with Crippen LogP contribution in [0, 0.1) is 6.92 Å². The van der Waals surface area contributed by atoms with Crippen LogP contribution >= 0.6 is 23.2 Å². The average Bonchev–Trinajstić information content (AvgIpc) is 3.14. The lowest BCUT2D eigenvalue weighted by Gasteiger charge is -2.06. The Hall–Kier alpha value is -2.10. The van der Waals surface area contributed by atoms with Crippen molar-refractivity contribution in [3.8, 4) is 5.69 Å². The zero-order valence-corrected chi connectivity index (χ0v) is 13.9. The minimum absolute atomic E-state index is 0.543. The molecule has 114 valence electrons. The van der Waals surface area contributed by atoms with E-state index in [-0.39, 0.29) is 0 Å². The van der Waals surface area contributed by atoms with Crippen molar-refractivity contribution in [3.05, 3.63) is 75.8 Å². The SMILES string of the molecule is Cc1nccn1-c1ccc(C2=Nc3cc(Cl)c(Cl)cc3C2)cc1. The van der Waals surface area contributed by atoms with Gasteiger partial charge in [0.25, 0.3) is 0 Å². The van der Waals surface area contributed by atoms with E-state index in [1.807, 2.05) is 25.3 Å². The fourth-order valence-corrected chi connectivity index (χ4v) is 3.16. The largest absolute Gasteiger partial charge is 0.304 e. The van der Waals surface area contributed by atoms with Crippen LogP contribution in [0.3, 0.4) is 0 Å². The molecule has 0 radical (unpaired) electrons. The summed E-state index contributed by atoms with van der Waals surface area (Å²) in [5.74, 6) is 0.965. The molecule has 3 nitrogen and oxygen atoms in total. The zero-order chi connectivity index (χ0) is 16.0. The van der Waals surface area contributed by atoms with E-state index in [4.69, 9.17) is 23.2 Å². The summed E-state index contributed by atoms with van der Waals surface area (Å²) in [5.41, 5.74) is 5.25. The van der Waals surface area contributed by atoms with Crippen molar-refractivity contribution in [1.82, 2.24) is 9.55 Å². The summed E-state index contributed by atoms with van der Waals surface area (Å²) >= 11 is 12.2. The molecule has 1 aromatic heterocycles. The van der Waals surface area contributed by atoms with Gasteiger partial charge in [0.2, 0.25) is 0 Å². The molecule has 0 saturated carbocycles. The molecule has 0 N–H and O–H groups in total. The highest BCUT2D eigenvalue weighted by atomic mass is 35.5. The molecule has 0 aliphatic carbocycles. The van der Waals surface area contributed by atoms with E-state index in [0.29, 0.717) is 10.0 Å². The van der Waals surface area contributed by atoms with Gasteiger partial charge in [-0.1, -0.05) is 35.3 Å². The Balaban J connectivity index is 1.65. The number of fused-ring (bicyclic) bond motifs is 1. The number of aromatic nitrogens is 2. The van der Waals surface area contributed by atoms with Crippen LogP contribution in [-0.4, -0.2) is 15.3 Å². The molecule has 0 spiro atoms. The number of aliphatic imine (C=N–C) groups is 1. The van der Waals surface area contributed by atoms with Crippen molar-refractivity contribution >= 4 is 34.6 Å². The van der Waals surface area contributed by atoms with E-state index in [0.717, 1.165) is 40.5 Å². The molecule has 1 aliphatic rings. The molecular weight excluding hydrogens is 329 g/mol. The molecular formula is C18H13Cl2N3.